The van der Waals surface area contributed by atoms with Crippen molar-refractivity contribution in [2.24, 2.45) is 5.92 Å². The first-order chi connectivity index (χ1) is 15.2. The molecule has 0 N–H and O–H groups in total. The maximum absolute atomic E-state index is 5.97. The smallest absolute Gasteiger partial charge is 0.129 e. The van der Waals surface area contributed by atoms with Crippen LogP contribution in [0.5, 0.6) is 5.75 Å². The normalized spacial score (nSPS) is 14.9. The van der Waals surface area contributed by atoms with Crippen molar-refractivity contribution in [1.29, 1.82) is 0 Å². The summed E-state index contributed by atoms with van der Waals surface area (Å²) in [5.41, 5.74) is 8.72. The standard InChI is InChI=1S/C29H25NO/c1-3-23-18(2)16-22-17-20(7-6-19-4-5-19)8-9-24(22)28(23)25-10-11-26-27-21(13-15-31-26)12-14-30-29(25)27/h8-12,14,16-17,19H,3-5,13,15H2,1-2H3. The lowest BCUT2D eigenvalue weighted by Gasteiger charge is -2.21. The van der Waals surface area contributed by atoms with E-state index >= 15 is 0 Å². The van der Waals surface area contributed by atoms with E-state index in [4.69, 9.17) is 9.72 Å². The summed E-state index contributed by atoms with van der Waals surface area (Å²) in [5.74, 6) is 8.35. The molecule has 1 aliphatic heterocycles. The lowest BCUT2D eigenvalue weighted by Crippen LogP contribution is -2.09. The highest BCUT2D eigenvalue weighted by molar-refractivity contribution is 6.08. The van der Waals surface area contributed by atoms with Gasteiger partial charge in [0.25, 0.3) is 0 Å². The van der Waals surface area contributed by atoms with Gasteiger partial charge in [0, 0.05) is 35.0 Å². The van der Waals surface area contributed by atoms with Crippen molar-refractivity contribution in [3.8, 4) is 28.7 Å². The van der Waals surface area contributed by atoms with Crippen LogP contribution in [0.4, 0.5) is 0 Å². The molecule has 0 amide bonds. The van der Waals surface area contributed by atoms with Crippen molar-refractivity contribution in [3.05, 3.63) is 70.9 Å². The Hall–Kier alpha value is -3.31. The Morgan fingerprint density at radius 3 is 2.84 bits per heavy atom. The number of rotatable bonds is 2. The molecule has 2 heterocycles. The van der Waals surface area contributed by atoms with E-state index in [0.717, 1.165) is 36.3 Å². The van der Waals surface area contributed by atoms with Gasteiger partial charge in [-0.15, -0.1) is 0 Å². The molecule has 1 aromatic heterocycles. The van der Waals surface area contributed by atoms with Crippen molar-refractivity contribution in [2.45, 2.75) is 39.5 Å². The van der Waals surface area contributed by atoms with E-state index in [1.807, 2.05) is 6.20 Å². The molecule has 152 valence electrons. The van der Waals surface area contributed by atoms with Crippen molar-refractivity contribution in [2.75, 3.05) is 6.61 Å². The Bertz CT molecular complexity index is 1410. The van der Waals surface area contributed by atoms with Crippen LogP contribution in [0, 0.1) is 24.7 Å². The van der Waals surface area contributed by atoms with Gasteiger partial charge in [-0.3, -0.25) is 4.98 Å². The molecule has 2 aliphatic rings. The zero-order valence-electron chi connectivity index (χ0n) is 18.1. The van der Waals surface area contributed by atoms with Gasteiger partial charge in [0.05, 0.1) is 12.1 Å². The van der Waals surface area contributed by atoms with Gasteiger partial charge in [-0.1, -0.05) is 30.9 Å². The van der Waals surface area contributed by atoms with Crippen LogP contribution in [-0.4, -0.2) is 11.6 Å². The van der Waals surface area contributed by atoms with Crippen LogP contribution in [0.1, 0.15) is 42.0 Å². The second-order valence-electron chi connectivity index (χ2n) is 8.78. The molecule has 2 nitrogen and oxygen atoms in total. The topological polar surface area (TPSA) is 22.1 Å². The van der Waals surface area contributed by atoms with Gasteiger partial charge < -0.3 is 4.74 Å². The molecule has 1 aliphatic carbocycles. The molecule has 1 fully saturated rings. The van der Waals surface area contributed by atoms with Crippen LogP contribution in [0.3, 0.4) is 0 Å². The molecule has 4 aromatic rings. The molecule has 0 bridgehead atoms. The number of hydrogen-bond donors (Lipinski definition) is 0. The van der Waals surface area contributed by atoms with Gasteiger partial charge in [0.15, 0.2) is 0 Å². The number of fused-ring (bicyclic) bond motifs is 1. The molecule has 31 heavy (non-hydrogen) atoms. The highest BCUT2D eigenvalue weighted by Crippen LogP contribution is 2.42. The van der Waals surface area contributed by atoms with Crippen LogP contribution < -0.4 is 4.74 Å². The largest absolute Gasteiger partial charge is 0.493 e. The number of nitrogens with zero attached hydrogens (tertiary/aromatic N) is 1. The third kappa shape index (κ3) is 3.08. The molecular weight excluding hydrogens is 378 g/mol. The zero-order chi connectivity index (χ0) is 20.9. The summed E-state index contributed by atoms with van der Waals surface area (Å²) in [6.45, 7) is 5.21. The fraction of sp³-hybridized carbons (Fsp3) is 0.276. The van der Waals surface area contributed by atoms with Crippen LogP contribution in [0.15, 0.2) is 48.7 Å². The fourth-order valence-electron chi connectivity index (χ4n) is 4.95. The van der Waals surface area contributed by atoms with Crippen molar-refractivity contribution in [1.82, 2.24) is 4.98 Å². The number of ether oxygens (including phenoxy) is 1. The van der Waals surface area contributed by atoms with E-state index in [-0.39, 0.29) is 0 Å². The summed E-state index contributed by atoms with van der Waals surface area (Å²) >= 11 is 0. The minimum Gasteiger partial charge on any atom is -0.493 e. The first-order valence-corrected chi connectivity index (χ1v) is 11.3. The van der Waals surface area contributed by atoms with E-state index in [1.54, 1.807) is 0 Å². The SMILES string of the molecule is CCc1c(C)cc2cc(C#CC3CC3)ccc2c1-c1ccc2c3c(ccnc13)CCO2. The van der Waals surface area contributed by atoms with Gasteiger partial charge in [-0.2, -0.15) is 0 Å². The van der Waals surface area contributed by atoms with E-state index in [9.17, 15) is 0 Å². The molecular formula is C29H25NO. The Kier molecular flexibility index (Phi) is 4.25. The Labute approximate surface area is 183 Å². The predicted molar refractivity (Wildman–Crippen MR) is 128 cm³/mol. The van der Waals surface area contributed by atoms with Crippen LogP contribution in [0.2, 0.25) is 0 Å². The predicted octanol–water partition coefficient (Wildman–Crippen LogP) is 6.62. The number of pyridine rings is 1. The van der Waals surface area contributed by atoms with Gasteiger partial charge >= 0.3 is 0 Å². The van der Waals surface area contributed by atoms with Gasteiger partial charge in [-0.25, -0.2) is 0 Å². The van der Waals surface area contributed by atoms with E-state index in [2.05, 4.69) is 68.2 Å². The third-order valence-electron chi connectivity index (χ3n) is 6.66. The van der Waals surface area contributed by atoms with Crippen LogP contribution >= 0.6 is 0 Å². The third-order valence-corrected chi connectivity index (χ3v) is 6.66. The van der Waals surface area contributed by atoms with Crippen molar-refractivity contribution >= 4 is 21.7 Å². The Balaban J connectivity index is 1.64. The molecule has 2 heteroatoms. The summed E-state index contributed by atoms with van der Waals surface area (Å²) in [4.78, 5) is 4.84. The molecule has 0 spiro atoms. The van der Waals surface area contributed by atoms with Crippen LogP contribution in [-0.2, 0) is 12.8 Å². The molecule has 0 unspecified atom stereocenters. The maximum Gasteiger partial charge on any atom is 0.129 e. The first kappa shape index (κ1) is 18.5. The van der Waals surface area contributed by atoms with Crippen molar-refractivity contribution in [3.63, 3.8) is 0 Å². The fourth-order valence-corrected chi connectivity index (χ4v) is 4.95. The average molecular weight is 404 g/mol. The minimum atomic E-state index is 0.612. The number of aromatic nitrogens is 1. The summed E-state index contributed by atoms with van der Waals surface area (Å²) in [6.07, 6.45) is 6.38. The van der Waals surface area contributed by atoms with Gasteiger partial charge in [-0.05, 0) is 89.5 Å². The monoisotopic (exact) mass is 403 g/mol. The lowest BCUT2D eigenvalue weighted by molar-refractivity contribution is 0.318. The molecule has 0 atom stereocenters. The van der Waals surface area contributed by atoms with E-state index < -0.39 is 0 Å². The first-order valence-electron chi connectivity index (χ1n) is 11.3. The lowest BCUT2D eigenvalue weighted by atomic mass is 9.86. The van der Waals surface area contributed by atoms with E-state index in [1.165, 1.54) is 56.8 Å². The zero-order valence-corrected chi connectivity index (χ0v) is 18.1. The number of hydrogen-bond acceptors (Lipinski definition) is 2. The quantitative estimate of drug-likeness (QED) is 0.351. The summed E-state index contributed by atoms with van der Waals surface area (Å²) in [7, 11) is 0. The molecule has 3 aromatic carbocycles. The van der Waals surface area contributed by atoms with Gasteiger partial charge in [0.2, 0.25) is 0 Å². The molecule has 6 rings (SSSR count). The molecule has 1 saturated carbocycles. The number of benzene rings is 3. The Morgan fingerprint density at radius 1 is 1.10 bits per heavy atom. The second kappa shape index (κ2) is 7.13. The number of aryl methyl sites for hydroxylation is 1. The Morgan fingerprint density at radius 2 is 2.00 bits per heavy atom. The summed E-state index contributed by atoms with van der Waals surface area (Å²) in [6, 6.07) is 15.5. The summed E-state index contributed by atoms with van der Waals surface area (Å²) < 4.78 is 5.97. The second-order valence-corrected chi connectivity index (χ2v) is 8.78. The van der Waals surface area contributed by atoms with Crippen LogP contribution in [0.25, 0.3) is 32.8 Å². The maximum atomic E-state index is 5.97. The average Bonchev–Trinajstić information content (AvgIpc) is 3.62. The van der Waals surface area contributed by atoms with Gasteiger partial charge in [0.1, 0.15) is 5.75 Å². The highest BCUT2D eigenvalue weighted by Gasteiger charge is 2.21. The van der Waals surface area contributed by atoms with Crippen molar-refractivity contribution < 1.29 is 4.74 Å². The minimum absolute atomic E-state index is 0.612. The van der Waals surface area contributed by atoms with E-state index in [0.29, 0.717) is 5.92 Å². The summed E-state index contributed by atoms with van der Waals surface area (Å²) in [5, 5.41) is 3.71. The molecule has 0 radical (unpaired) electrons. The molecule has 0 saturated heterocycles. The highest BCUT2D eigenvalue weighted by atomic mass is 16.5.